The van der Waals surface area contributed by atoms with Gasteiger partial charge >= 0.3 is 0 Å². The van der Waals surface area contributed by atoms with Gasteiger partial charge in [0, 0.05) is 32.3 Å². The summed E-state index contributed by atoms with van der Waals surface area (Å²) < 4.78 is 0. The zero-order valence-corrected chi connectivity index (χ0v) is 11.1. The van der Waals surface area contributed by atoms with Crippen molar-refractivity contribution < 1.29 is 4.79 Å². The molecule has 1 aromatic heterocycles. The van der Waals surface area contributed by atoms with Crippen LogP contribution in [0.3, 0.4) is 0 Å². The average Bonchev–Trinajstić information content (AvgIpc) is 2.71. The molecule has 0 bridgehead atoms. The van der Waals surface area contributed by atoms with E-state index in [1.165, 1.54) is 0 Å². The Labute approximate surface area is 108 Å². The average molecular weight is 247 g/mol. The third-order valence-electron chi connectivity index (χ3n) is 3.43. The highest BCUT2D eigenvalue weighted by molar-refractivity contribution is 5.78. The van der Waals surface area contributed by atoms with E-state index in [1.54, 1.807) is 6.20 Å². The van der Waals surface area contributed by atoms with Crippen LogP contribution in [0.5, 0.6) is 0 Å². The molecule has 98 valence electrons. The van der Waals surface area contributed by atoms with E-state index in [0.29, 0.717) is 18.9 Å². The lowest BCUT2D eigenvalue weighted by Crippen LogP contribution is -2.24. The van der Waals surface area contributed by atoms with Crippen LogP contribution in [0.25, 0.3) is 0 Å². The number of likely N-dealkylation sites (tertiary alicyclic amines) is 1. The van der Waals surface area contributed by atoms with Gasteiger partial charge in [0.2, 0.25) is 5.91 Å². The number of anilines is 1. The first-order chi connectivity index (χ1) is 8.72. The Morgan fingerprint density at radius 3 is 3.00 bits per heavy atom. The molecule has 4 nitrogen and oxygen atoms in total. The van der Waals surface area contributed by atoms with E-state index in [9.17, 15) is 4.79 Å². The van der Waals surface area contributed by atoms with Crippen molar-refractivity contribution in [2.75, 3.05) is 18.4 Å². The maximum atomic E-state index is 11.9. The van der Waals surface area contributed by atoms with Gasteiger partial charge in [0.1, 0.15) is 5.82 Å². The van der Waals surface area contributed by atoms with Crippen LogP contribution in [0.4, 0.5) is 5.82 Å². The van der Waals surface area contributed by atoms with Crippen LogP contribution in [0, 0.1) is 5.92 Å². The number of hydrogen-bond acceptors (Lipinski definition) is 3. The van der Waals surface area contributed by atoms with Gasteiger partial charge in [-0.25, -0.2) is 4.98 Å². The molecule has 1 amide bonds. The van der Waals surface area contributed by atoms with Gasteiger partial charge in [-0.3, -0.25) is 4.79 Å². The molecule has 1 atom stereocenters. The van der Waals surface area contributed by atoms with Crippen molar-refractivity contribution in [2.45, 2.75) is 33.2 Å². The Morgan fingerprint density at radius 2 is 2.33 bits per heavy atom. The number of nitrogens with one attached hydrogen (secondary N) is 1. The number of carbonyl (C=O) groups is 1. The molecule has 0 spiro atoms. The summed E-state index contributed by atoms with van der Waals surface area (Å²) in [5.74, 6) is 1.70. The summed E-state index contributed by atoms with van der Waals surface area (Å²) in [6.45, 7) is 6.66. The highest BCUT2D eigenvalue weighted by atomic mass is 16.2. The second-order valence-electron chi connectivity index (χ2n) is 4.83. The predicted molar refractivity (Wildman–Crippen MR) is 72.2 cm³/mol. The molecule has 1 unspecified atom stereocenters. The minimum Gasteiger partial charge on any atom is -0.370 e. The molecule has 1 N–H and O–H groups in total. The molecule has 0 aliphatic carbocycles. The molecule has 1 aliphatic heterocycles. The van der Waals surface area contributed by atoms with Crippen LogP contribution >= 0.6 is 0 Å². The minimum absolute atomic E-state index is 0.281. The zero-order valence-electron chi connectivity index (χ0n) is 11.1. The first-order valence-corrected chi connectivity index (χ1v) is 6.69. The summed E-state index contributed by atoms with van der Waals surface area (Å²) in [5.41, 5.74) is 1.14. The quantitative estimate of drug-likeness (QED) is 0.868. The number of carbonyl (C=O) groups excluding carboxylic acids is 1. The Morgan fingerprint density at radius 1 is 1.50 bits per heavy atom. The summed E-state index contributed by atoms with van der Waals surface area (Å²) in [5, 5.41) is 3.19. The standard InChI is InChI=1S/C14H21N3O/c1-3-11-8-14(18)17(9-11)10-12-5-6-16-13(7-12)15-4-2/h5-7,11H,3-4,8-10H2,1-2H3,(H,15,16). The molecule has 1 aromatic rings. The van der Waals surface area contributed by atoms with Gasteiger partial charge in [0.15, 0.2) is 0 Å². The smallest absolute Gasteiger partial charge is 0.223 e. The van der Waals surface area contributed by atoms with Crippen LogP contribution in [0.1, 0.15) is 32.3 Å². The van der Waals surface area contributed by atoms with Crippen molar-refractivity contribution in [1.29, 1.82) is 0 Å². The number of amides is 1. The van der Waals surface area contributed by atoms with Gasteiger partial charge in [-0.05, 0) is 30.5 Å². The summed E-state index contributed by atoms with van der Waals surface area (Å²) in [4.78, 5) is 18.1. The van der Waals surface area contributed by atoms with Crippen LogP contribution in [0.2, 0.25) is 0 Å². The first kappa shape index (κ1) is 12.9. The van der Waals surface area contributed by atoms with Crippen LogP contribution < -0.4 is 5.32 Å². The number of pyridine rings is 1. The monoisotopic (exact) mass is 247 g/mol. The van der Waals surface area contributed by atoms with Crippen LogP contribution in [-0.2, 0) is 11.3 Å². The van der Waals surface area contributed by atoms with E-state index < -0.39 is 0 Å². The van der Waals surface area contributed by atoms with Crippen molar-refractivity contribution in [3.63, 3.8) is 0 Å². The Hall–Kier alpha value is -1.58. The molecule has 1 fully saturated rings. The molecule has 4 heteroatoms. The number of rotatable bonds is 5. The van der Waals surface area contributed by atoms with Crippen molar-refractivity contribution in [3.05, 3.63) is 23.9 Å². The van der Waals surface area contributed by atoms with Gasteiger partial charge in [-0.2, -0.15) is 0 Å². The van der Waals surface area contributed by atoms with E-state index in [-0.39, 0.29) is 5.91 Å². The van der Waals surface area contributed by atoms with Gasteiger partial charge < -0.3 is 10.2 Å². The maximum absolute atomic E-state index is 11.9. The third-order valence-corrected chi connectivity index (χ3v) is 3.43. The van der Waals surface area contributed by atoms with Gasteiger partial charge in [-0.15, -0.1) is 0 Å². The SMILES string of the molecule is CCNc1cc(CN2CC(CC)CC2=O)ccn1. The summed E-state index contributed by atoms with van der Waals surface area (Å²) in [6.07, 6.45) is 3.59. The van der Waals surface area contributed by atoms with Crippen LogP contribution in [-0.4, -0.2) is 28.9 Å². The molecule has 0 saturated carbocycles. The summed E-state index contributed by atoms with van der Waals surface area (Å²) >= 11 is 0. The lowest BCUT2D eigenvalue weighted by molar-refractivity contribution is -0.128. The fourth-order valence-corrected chi connectivity index (χ4v) is 2.35. The van der Waals surface area contributed by atoms with Gasteiger partial charge in [0.25, 0.3) is 0 Å². The van der Waals surface area contributed by atoms with Gasteiger partial charge in [0.05, 0.1) is 0 Å². The van der Waals surface area contributed by atoms with E-state index in [4.69, 9.17) is 0 Å². The highest BCUT2D eigenvalue weighted by Gasteiger charge is 2.28. The van der Waals surface area contributed by atoms with Gasteiger partial charge in [-0.1, -0.05) is 13.3 Å². The molecule has 0 aromatic carbocycles. The topological polar surface area (TPSA) is 45.2 Å². The predicted octanol–water partition coefficient (Wildman–Crippen LogP) is 2.27. The number of aromatic nitrogens is 1. The lowest BCUT2D eigenvalue weighted by atomic mass is 10.1. The van der Waals surface area contributed by atoms with E-state index in [2.05, 4.69) is 17.2 Å². The zero-order chi connectivity index (χ0) is 13.0. The highest BCUT2D eigenvalue weighted by Crippen LogP contribution is 2.22. The molecule has 18 heavy (non-hydrogen) atoms. The molecule has 2 heterocycles. The van der Waals surface area contributed by atoms with Crippen molar-refractivity contribution in [2.24, 2.45) is 5.92 Å². The third kappa shape index (κ3) is 3.00. The van der Waals surface area contributed by atoms with E-state index in [0.717, 1.165) is 30.9 Å². The molecular formula is C14H21N3O. The normalized spacial score (nSPS) is 19.3. The molecule has 2 rings (SSSR count). The van der Waals surface area contributed by atoms with Crippen molar-refractivity contribution in [3.8, 4) is 0 Å². The Balaban J connectivity index is 2.01. The lowest BCUT2D eigenvalue weighted by Gasteiger charge is -2.17. The summed E-state index contributed by atoms with van der Waals surface area (Å²) in [7, 11) is 0. The second kappa shape index (κ2) is 5.85. The molecular weight excluding hydrogens is 226 g/mol. The molecule has 0 radical (unpaired) electrons. The van der Waals surface area contributed by atoms with Crippen LogP contribution in [0.15, 0.2) is 18.3 Å². The Kier molecular flexibility index (Phi) is 4.18. The minimum atomic E-state index is 0.281. The number of nitrogens with zero attached hydrogens (tertiary/aromatic N) is 2. The van der Waals surface area contributed by atoms with E-state index >= 15 is 0 Å². The van der Waals surface area contributed by atoms with Crippen molar-refractivity contribution >= 4 is 11.7 Å². The largest absolute Gasteiger partial charge is 0.370 e. The van der Waals surface area contributed by atoms with E-state index in [1.807, 2.05) is 24.0 Å². The fourth-order valence-electron chi connectivity index (χ4n) is 2.35. The summed E-state index contributed by atoms with van der Waals surface area (Å²) in [6, 6.07) is 4.00. The Bertz CT molecular complexity index is 419. The molecule has 1 saturated heterocycles. The fraction of sp³-hybridized carbons (Fsp3) is 0.571. The molecule has 1 aliphatic rings. The van der Waals surface area contributed by atoms with Crippen molar-refractivity contribution in [1.82, 2.24) is 9.88 Å². The second-order valence-corrected chi connectivity index (χ2v) is 4.83. The number of hydrogen-bond donors (Lipinski definition) is 1. The maximum Gasteiger partial charge on any atom is 0.223 e. The first-order valence-electron chi connectivity index (χ1n) is 6.69.